The van der Waals surface area contributed by atoms with Gasteiger partial charge in [0.25, 0.3) is 0 Å². The minimum atomic E-state index is 0.172. The topological polar surface area (TPSA) is 44.1 Å². The maximum Gasteiger partial charge on any atom is 0.222 e. The Morgan fingerprint density at radius 1 is 1.54 bits per heavy atom. The van der Waals surface area contributed by atoms with Crippen LogP contribution in [0.4, 0.5) is 0 Å². The zero-order valence-corrected chi connectivity index (χ0v) is 8.12. The number of nitriles is 1. The second kappa shape index (κ2) is 4.86. The summed E-state index contributed by atoms with van der Waals surface area (Å²) in [4.78, 5) is 13.3. The Bertz CT molecular complexity index is 211. The highest BCUT2D eigenvalue weighted by Crippen LogP contribution is 2.16. The van der Waals surface area contributed by atoms with Crippen molar-refractivity contribution in [3.8, 4) is 6.07 Å². The predicted octanol–water partition coefficient (Wildman–Crippen LogP) is 1.55. The van der Waals surface area contributed by atoms with Crippen LogP contribution in [0.1, 0.15) is 32.6 Å². The number of carbonyl (C=O) groups excluding carboxylic acids is 1. The first-order chi connectivity index (χ1) is 6.27. The lowest BCUT2D eigenvalue weighted by atomic mass is 9.98. The summed E-state index contributed by atoms with van der Waals surface area (Å²) in [6.07, 6.45) is 3.27. The van der Waals surface area contributed by atoms with E-state index in [1.807, 2.05) is 11.8 Å². The van der Waals surface area contributed by atoms with Crippen LogP contribution < -0.4 is 0 Å². The van der Waals surface area contributed by atoms with Crippen molar-refractivity contribution in [2.24, 2.45) is 5.92 Å². The van der Waals surface area contributed by atoms with Crippen molar-refractivity contribution in [1.82, 2.24) is 4.90 Å². The quantitative estimate of drug-likeness (QED) is 0.647. The van der Waals surface area contributed by atoms with Gasteiger partial charge < -0.3 is 4.90 Å². The van der Waals surface area contributed by atoms with Crippen LogP contribution in [-0.4, -0.2) is 23.9 Å². The normalized spacial score (nSPS) is 18.3. The lowest BCUT2D eigenvalue weighted by Gasteiger charge is -2.29. The van der Waals surface area contributed by atoms with E-state index in [4.69, 9.17) is 5.26 Å². The Morgan fingerprint density at radius 3 is 2.62 bits per heavy atom. The lowest BCUT2D eigenvalue weighted by Crippen LogP contribution is -2.37. The zero-order chi connectivity index (χ0) is 9.68. The van der Waals surface area contributed by atoms with Gasteiger partial charge in [-0.3, -0.25) is 4.79 Å². The van der Waals surface area contributed by atoms with E-state index in [9.17, 15) is 4.79 Å². The number of rotatable bonds is 2. The molecule has 1 rings (SSSR count). The number of amides is 1. The van der Waals surface area contributed by atoms with Crippen LogP contribution >= 0.6 is 0 Å². The molecule has 1 aliphatic rings. The number of piperidine rings is 1. The third-order valence-electron chi connectivity index (χ3n) is 2.49. The third kappa shape index (κ3) is 2.73. The summed E-state index contributed by atoms with van der Waals surface area (Å²) in [7, 11) is 0. The maximum atomic E-state index is 11.4. The van der Waals surface area contributed by atoms with Gasteiger partial charge in [0, 0.05) is 25.4 Å². The Labute approximate surface area is 79.3 Å². The molecule has 0 bridgehead atoms. The summed E-state index contributed by atoms with van der Waals surface area (Å²) in [6.45, 7) is 3.56. The van der Waals surface area contributed by atoms with Crippen molar-refractivity contribution in [3.05, 3.63) is 0 Å². The highest BCUT2D eigenvalue weighted by molar-refractivity contribution is 5.76. The fourth-order valence-corrected chi connectivity index (χ4v) is 1.63. The standard InChI is InChI=1S/C10H16N2O/c1-2-3-10(13)12-6-4-9(8-11)5-7-12/h9H,2-7H2,1H3. The van der Waals surface area contributed by atoms with Crippen LogP contribution in [0.5, 0.6) is 0 Å². The summed E-state index contributed by atoms with van der Waals surface area (Å²) in [6, 6.07) is 2.26. The van der Waals surface area contributed by atoms with Crippen LogP contribution in [0.25, 0.3) is 0 Å². The van der Waals surface area contributed by atoms with Crippen LogP contribution in [0.2, 0.25) is 0 Å². The Kier molecular flexibility index (Phi) is 3.75. The van der Waals surface area contributed by atoms with Crippen LogP contribution in [0, 0.1) is 17.2 Å². The summed E-state index contributed by atoms with van der Waals surface area (Å²) in [5.74, 6) is 0.421. The average molecular weight is 180 g/mol. The van der Waals surface area contributed by atoms with Crippen molar-refractivity contribution < 1.29 is 4.79 Å². The molecule has 1 heterocycles. The Balaban J connectivity index is 2.33. The van der Waals surface area contributed by atoms with Gasteiger partial charge in [0.05, 0.1) is 6.07 Å². The first-order valence-electron chi connectivity index (χ1n) is 4.95. The Hall–Kier alpha value is -1.04. The van der Waals surface area contributed by atoms with Gasteiger partial charge in [-0.2, -0.15) is 5.26 Å². The molecule has 0 atom stereocenters. The molecular formula is C10H16N2O. The van der Waals surface area contributed by atoms with E-state index in [1.54, 1.807) is 0 Å². The van der Waals surface area contributed by atoms with E-state index in [0.29, 0.717) is 6.42 Å². The second-order valence-electron chi connectivity index (χ2n) is 3.53. The van der Waals surface area contributed by atoms with Gasteiger partial charge in [0.2, 0.25) is 5.91 Å². The molecule has 0 aromatic rings. The van der Waals surface area contributed by atoms with Gasteiger partial charge in [-0.15, -0.1) is 0 Å². The molecule has 1 fully saturated rings. The molecule has 13 heavy (non-hydrogen) atoms. The van der Waals surface area contributed by atoms with E-state index >= 15 is 0 Å². The first-order valence-corrected chi connectivity index (χ1v) is 4.95. The summed E-state index contributed by atoms with van der Waals surface area (Å²) in [5.41, 5.74) is 0. The first kappa shape index (κ1) is 10.0. The number of hydrogen-bond acceptors (Lipinski definition) is 2. The maximum absolute atomic E-state index is 11.4. The molecule has 1 saturated heterocycles. The highest BCUT2D eigenvalue weighted by atomic mass is 16.2. The molecular weight excluding hydrogens is 164 g/mol. The van der Waals surface area contributed by atoms with E-state index in [0.717, 1.165) is 32.4 Å². The summed E-state index contributed by atoms with van der Waals surface area (Å²) in [5, 5.41) is 8.67. The SMILES string of the molecule is CCCC(=O)N1CCC(C#N)CC1. The lowest BCUT2D eigenvalue weighted by molar-refractivity contribution is -0.132. The predicted molar refractivity (Wildman–Crippen MR) is 49.8 cm³/mol. The van der Waals surface area contributed by atoms with Crippen molar-refractivity contribution >= 4 is 5.91 Å². The average Bonchev–Trinajstić information content (AvgIpc) is 2.18. The molecule has 0 unspecified atom stereocenters. The van der Waals surface area contributed by atoms with Crippen molar-refractivity contribution in [3.63, 3.8) is 0 Å². The van der Waals surface area contributed by atoms with Crippen LogP contribution in [-0.2, 0) is 4.79 Å². The summed E-state index contributed by atoms with van der Waals surface area (Å²) >= 11 is 0. The monoisotopic (exact) mass is 180 g/mol. The fourth-order valence-electron chi connectivity index (χ4n) is 1.63. The molecule has 0 aliphatic carbocycles. The van der Waals surface area contributed by atoms with E-state index < -0.39 is 0 Å². The molecule has 0 spiro atoms. The van der Waals surface area contributed by atoms with Crippen LogP contribution in [0.15, 0.2) is 0 Å². The number of nitrogens with zero attached hydrogens (tertiary/aromatic N) is 2. The van der Waals surface area contributed by atoms with Crippen LogP contribution in [0.3, 0.4) is 0 Å². The van der Waals surface area contributed by atoms with Gasteiger partial charge in [0.1, 0.15) is 0 Å². The van der Waals surface area contributed by atoms with E-state index in [1.165, 1.54) is 0 Å². The smallest absolute Gasteiger partial charge is 0.222 e. The number of hydrogen-bond donors (Lipinski definition) is 0. The highest BCUT2D eigenvalue weighted by Gasteiger charge is 2.21. The van der Waals surface area contributed by atoms with Gasteiger partial charge in [-0.05, 0) is 19.3 Å². The minimum absolute atomic E-state index is 0.172. The van der Waals surface area contributed by atoms with Crippen molar-refractivity contribution in [2.45, 2.75) is 32.6 Å². The molecule has 0 aromatic heterocycles. The van der Waals surface area contributed by atoms with E-state index in [2.05, 4.69) is 6.07 Å². The minimum Gasteiger partial charge on any atom is -0.343 e. The molecule has 0 radical (unpaired) electrons. The molecule has 0 N–H and O–H groups in total. The van der Waals surface area contributed by atoms with Gasteiger partial charge in [-0.1, -0.05) is 6.92 Å². The molecule has 3 heteroatoms. The third-order valence-corrected chi connectivity index (χ3v) is 2.49. The Morgan fingerprint density at radius 2 is 2.15 bits per heavy atom. The molecule has 72 valence electrons. The van der Waals surface area contributed by atoms with Gasteiger partial charge >= 0.3 is 0 Å². The summed E-state index contributed by atoms with van der Waals surface area (Å²) < 4.78 is 0. The molecule has 1 amide bonds. The second-order valence-corrected chi connectivity index (χ2v) is 3.53. The largest absolute Gasteiger partial charge is 0.343 e. The number of carbonyl (C=O) groups is 1. The van der Waals surface area contributed by atoms with Crippen molar-refractivity contribution in [1.29, 1.82) is 5.26 Å². The van der Waals surface area contributed by atoms with E-state index in [-0.39, 0.29) is 11.8 Å². The van der Waals surface area contributed by atoms with Gasteiger partial charge in [-0.25, -0.2) is 0 Å². The molecule has 0 aromatic carbocycles. The number of likely N-dealkylation sites (tertiary alicyclic amines) is 1. The zero-order valence-electron chi connectivity index (χ0n) is 8.12. The fraction of sp³-hybridized carbons (Fsp3) is 0.800. The molecule has 1 aliphatic heterocycles. The van der Waals surface area contributed by atoms with Crippen molar-refractivity contribution in [2.75, 3.05) is 13.1 Å². The molecule has 0 saturated carbocycles. The van der Waals surface area contributed by atoms with Gasteiger partial charge in [0.15, 0.2) is 0 Å². The molecule has 3 nitrogen and oxygen atoms in total.